The van der Waals surface area contributed by atoms with Crippen LogP contribution in [0.25, 0.3) is 10.2 Å². The molecule has 0 bridgehead atoms. The molecule has 1 aliphatic heterocycles. The number of aromatic nitrogens is 1. The highest BCUT2D eigenvalue weighted by molar-refractivity contribution is 7.22. The number of nitrogens with zero attached hydrogens (tertiary/aromatic N) is 2. The molecule has 0 radical (unpaired) electrons. The van der Waals surface area contributed by atoms with E-state index in [0.717, 1.165) is 23.2 Å². The number of rotatable bonds is 2. The molecule has 5 nitrogen and oxygen atoms in total. The second-order valence-corrected chi connectivity index (χ2v) is 5.73. The predicted molar refractivity (Wildman–Crippen MR) is 75.3 cm³/mol. The van der Waals surface area contributed by atoms with Gasteiger partial charge in [0, 0.05) is 19.2 Å². The van der Waals surface area contributed by atoms with E-state index in [0.29, 0.717) is 17.3 Å². The molecule has 3 rings (SSSR count). The van der Waals surface area contributed by atoms with Crippen molar-refractivity contribution in [2.24, 2.45) is 0 Å². The molecule has 1 aliphatic rings. The van der Waals surface area contributed by atoms with Crippen molar-refractivity contribution >= 4 is 32.6 Å². The zero-order valence-electron chi connectivity index (χ0n) is 10.6. The van der Waals surface area contributed by atoms with E-state index in [1.165, 1.54) is 11.3 Å². The van der Waals surface area contributed by atoms with Crippen LogP contribution in [-0.4, -0.2) is 42.1 Å². The summed E-state index contributed by atoms with van der Waals surface area (Å²) in [5.41, 5.74) is 7.18. The minimum absolute atomic E-state index is 0.0179. The summed E-state index contributed by atoms with van der Waals surface area (Å²) in [6, 6.07) is 5.68. The Morgan fingerprint density at radius 3 is 3.16 bits per heavy atom. The summed E-state index contributed by atoms with van der Waals surface area (Å²) in [6.07, 6.45) is 0.901. The SMILES string of the molecule is CN(C(=O)c1ccc2nc(N)sc2c1)C1CCOC1. The fourth-order valence-corrected chi connectivity index (χ4v) is 3.05. The molecule has 19 heavy (non-hydrogen) atoms. The third kappa shape index (κ3) is 2.29. The second kappa shape index (κ2) is 4.79. The smallest absolute Gasteiger partial charge is 0.253 e. The summed E-state index contributed by atoms with van der Waals surface area (Å²) >= 11 is 1.40. The molecule has 1 atom stereocenters. The number of carbonyl (C=O) groups excluding carboxylic acids is 1. The van der Waals surface area contributed by atoms with Crippen molar-refractivity contribution in [3.05, 3.63) is 23.8 Å². The van der Waals surface area contributed by atoms with Crippen LogP contribution in [0.2, 0.25) is 0 Å². The van der Waals surface area contributed by atoms with Gasteiger partial charge in [-0.05, 0) is 24.6 Å². The molecule has 6 heteroatoms. The van der Waals surface area contributed by atoms with Gasteiger partial charge in [0.25, 0.3) is 5.91 Å². The molecule has 2 N–H and O–H groups in total. The van der Waals surface area contributed by atoms with Gasteiger partial charge in [-0.25, -0.2) is 4.98 Å². The maximum Gasteiger partial charge on any atom is 0.253 e. The number of benzene rings is 1. The molecule has 1 aromatic carbocycles. The van der Waals surface area contributed by atoms with Crippen LogP contribution < -0.4 is 5.73 Å². The van der Waals surface area contributed by atoms with Crippen LogP contribution in [0.3, 0.4) is 0 Å². The molecule has 2 heterocycles. The van der Waals surface area contributed by atoms with E-state index < -0.39 is 0 Å². The van der Waals surface area contributed by atoms with Crippen molar-refractivity contribution in [1.29, 1.82) is 0 Å². The molecule has 1 unspecified atom stereocenters. The molecule has 0 saturated carbocycles. The van der Waals surface area contributed by atoms with E-state index in [2.05, 4.69) is 4.98 Å². The fraction of sp³-hybridized carbons (Fsp3) is 0.385. The molecule has 1 amide bonds. The molecule has 0 spiro atoms. The molecule has 1 saturated heterocycles. The standard InChI is InChI=1S/C13H15N3O2S/c1-16(9-4-5-18-7-9)12(17)8-2-3-10-11(6-8)19-13(14)15-10/h2-3,6,9H,4-5,7H2,1H3,(H2,14,15). The fourth-order valence-electron chi connectivity index (χ4n) is 2.27. The highest BCUT2D eigenvalue weighted by Crippen LogP contribution is 2.25. The normalized spacial score (nSPS) is 18.9. The third-order valence-electron chi connectivity index (χ3n) is 3.43. The largest absolute Gasteiger partial charge is 0.379 e. The van der Waals surface area contributed by atoms with Gasteiger partial charge in [-0.1, -0.05) is 11.3 Å². The number of carbonyl (C=O) groups is 1. The first-order valence-electron chi connectivity index (χ1n) is 6.16. The summed E-state index contributed by atoms with van der Waals surface area (Å²) in [4.78, 5) is 18.4. The number of likely N-dealkylation sites (N-methyl/N-ethyl adjacent to an activating group) is 1. The third-order valence-corrected chi connectivity index (χ3v) is 4.27. The first-order valence-corrected chi connectivity index (χ1v) is 6.98. The summed E-state index contributed by atoms with van der Waals surface area (Å²) in [5.74, 6) is 0.0179. The predicted octanol–water partition coefficient (Wildman–Crippen LogP) is 1.74. The van der Waals surface area contributed by atoms with E-state index in [9.17, 15) is 4.79 Å². The van der Waals surface area contributed by atoms with E-state index in [1.54, 1.807) is 11.0 Å². The maximum absolute atomic E-state index is 12.4. The van der Waals surface area contributed by atoms with Crippen molar-refractivity contribution in [3.8, 4) is 0 Å². The lowest BCUT2D eigenvalue weighted by atomic mass is 10.1. The van der Waals surface area contributed by atoms with Crippen molar-refractivity contribution in [3.63, 3.8) is 0 Å². The van der Waals surface area contributed by atoms with Gasteiger partial charge in [0.15, 0.2) is 5.13 Å². The zero-order chi connectivity index (χ0) is 13.4. The van der Waals surface area contributed by atoms with Crippen molar-refractivity contribution < 1.29 is 9.53 Å². The second-order valence-electron chi connectivity index (χ2n) is 4.67. The number of fused-ring (bicyclic) bond motifs is 1. The summed E-state index contributed by atoms with van der Waals surface area (Å²) in [7, 11) is 1.83. The lowest BCUT2D eigenvalue weighted by molar-refractivity contribution is 0.0711. The van der Waals surface area contributed by atoms with Gasteiger partial charge >= 0.3 is 0 Å². The average Bonchev–Trinajstić information content (AvgIpc) is 3.03. The van der Waals surface area contributed by atoms with Gasteiger partial charge in [-0.3, -0.25) is 4.79 Å². The minimum Gasteiger partial charge on any atom is -0.379 e. The van der Waals surface area contributed by atoms with E-state index in [-0.39, 0.29) is 11.9 Å². The Hall–Kier alpha value is -1.66. The highest BCUT2D eigenvalue weighted by Gasteiger charge is 2.25. The minimum atomic E-state index is 0.0179. The molecule has 1 aromatic heterocycles. The molecule has 100 valence electrons. The van der Waals surface area contributed by atoms with E-state index in [1.807, 2.05) is 19.2 Å². The number of anilines is 1. The molecular formula is C13H15N3O2S. The summed E-state index contributed by atoms with van der Waals surface area (Å²) in [5, 5.41) is 0.525. The molecule has 1 fully saturated rings. The Kier molecular flexibility index (Phi) is 3.12. The number of hydrogen-bond acceptors (Lipinski definition) is 5. The number of hydrogen-bond donors (Lipinski definition) is 1. The van der Waals surface area contributed by atoms with Gasteiger partial charge in [-0.15, -0.1) is 0 Å². The Labute approximate surface area is 115 Å². The number of amides is 1. The number of nitrogen functional groups attached to an aromatic ring is 1. The van der Waals surface area contributed by atoms with Crippen molar-refractivity contribution in [2.75, 3.05) is 26.0 Å². The average molecular weight is 277 g/mol. The Morgan fingerprint density at radius 1 is 1.58 bits per heavy atom. The van der Waals surface area contributed by atoms with Gasteiger partial charge in [-0.2, -0.15) is 0 Å². The van der Waals surface area contributed by atoms with Gasteiger partial charge in [0.2, 0.25) is 0 Å². The van der Waals surface area contributed by atoms with Crippen LogP contribution >= 0.6 is 11.3 Å². The highest BCUT2D eigenvalue weighted by atomic mass is 32.1. The summed E-state index contributed by atoms with van der Waals surface area (Å²) < 4.78 is 6.26. The quantitative estimate of drug-likeness (QED) is 0.908. The first-order chi connectivity index (χ1) is 9.15. The topological polar surface area (TPSA) is 68.5 Å². The van der Waals surface area contributed by atoms with Gasteiger partial charge < -0.3 is 15.4 Å². The van der Waals surface area contributed by atoms with Crippen LogP contribution in [0.1, 0.15) is 16.8 Å². The number of ether oxygens (including phenoxy) is 1. The van der Waals surface area contributed by atoms with Crippen LogP contribution in [0, 0.1) is 0 Å². The zero-order valence-corrected chi connectivity index (χ0v) is 11.4. The van der Waals surface area contributed by atoms with Gasteiger partial charge in [0.1, 0.15) is 0 Å². The van der Waals surface area contributed by atoms with Crippen LogP contribution in [-0.2, 0) is 4.74 Å². The lowest BCUT2D eigenvalue weighted by Crippen LogP contribution is -2.37. The van der Waals surface area contributed by atoms with Crippen molar-refractivity contribution in [2.45, 2.75) is 12.5 Å². The van der Waals surface area contributed by atoms with E-state index in [4.69, 9.17) is 10.5 Å². The van der Waals surface area contributed by atoms with Crippen LogP contribution in [0.5, 0.6) is 0 Å². The molecule has 2 aromatic rings. The molecular weight excluding hydrogens is 262 g/mol. The lowest BCUT2D eigenvalue weighted by Gasteiger charge is -2.23. The Bertz CT molecular complexity index is 619. The first kappa shape index (κ1) is 12.4. The van der Waals surface area contributed by atoms with E-state index >= 15 is 0 Å². The Morgan fingerprint density at radius 2 is 2.42 bits per heavy atom. The monoisotopic (exact) mass is 277 g/mol. The Balaban J connectivity index is 1.87. The number of thiazole rings is 1. The summed E-state index contributed by atoms with van der Waals surface area (Å²) in [6.45, 7) is 1.35. The van der Waals surface area contributed by atoms with Gasteiger partial charge in [0.05, 0.1) is 22.9 Å². The van der Waals surface area contributed by atoms with Crippen molar-refractivity contribution in [1.82, 2.24) is 9.88 Å². The number of nitrogens with two attached hydrogens (primary N) is 1. The maximum atomic E-state index is 12.4. The molecule has 0 aliphatic carbocycles. The van der Waals surface area contributed by atoms with Crippen LogP contribution in [0.4, 0.5) is 5.13 Å². The van der Waals surface area contributed by atoms with Crippen LogP contribution in [0.15, 0.2) is 18.2 Å².